The van der Waals surface area contributed by atoms with Crippen LogP contribution in [0.2, 0.25) is 0 Å². The smallest absolute Gasteiger partial charge is 0.309 e. The zero-order valence-corrected chi connectivity index (χ0v) is 16.6. The number of rotatable bonds is 10. The van der Waals surface area contributed by atoms with Gasteiger partial charge in [0.2, 0.25) is 5.91 Å². The van der Waals surface area contributed by atoms with E-state index >= 15 is 0 Å². The first-order chi connectivity index (χ1) is 14.1. The number of carbonyl (C=O) groups is 1. The summed E-state index contributed by atoms with van der Waals surface area (Å²) >= 11 is 0.975. The Morgan fingerprint density at radius 3 is 2.43 bits per heavy atom. The van der Waals surface area contributed by atoms with Crippen LogP contribution in [0, 0.1) is 0 Å². The van der Waals surface area contributed by atoms with Crippen LogP contribution < -0.4 is 4.90 Å². The van der Waals surface area contributed by atoms with Gasteiger partial charge in [0.1, 0.15) is 0 Å². The van der Waals surface area contributed by atoms with Crippen LogP contribution in [0.5, 0.6) is 0 Å². The van der Waals surface area contributed by atoms with Crippen LogP contribution in [0.25, 0.3) is 5.69 Å². The summed E-state index contributed by atoms with van der Waals surface area (Å²) < 4.78 is 75.5. The Labute approximate surface area is 173 Å². The second-order valence-corrected chi connectivity index (χ2v) is 7.57. The highest BCUT2D eigenvalue weighted by atomic mass is 32.2. The lowest BCUT2D eigenvalue weighted by Gasteiger charge is -2.21. The van der Waals surface area contributed by atoms with Crippen LogP contribution in [-0.4, -0.2) is 51.1 Å². The molecule has 0 aromatic carbocycles. The summed E-state index contributed by atoms with van der Waals surface area (Å²) in [5.41, 5.74) is 0.917. The third-order valence-electron chi connectivity index (χ3n) is 3.92. The molecule has 2 rings (SSSR count). The highest BCUT2D eigenvalue weighted by Crippen LogP contribution is 2.25. The lowest BCUT2D eigenvalue weighted by Crippen LogP contribution is -2.32. The number of anilines is 1. The van der Waals surface area contributed by atoms with Crippen molar-refractivity contribution < 1.29 is 31.1 Å². The van der Waals surface area contributed by atoms with Crippen LogP contribution in [-0.2, 0) is 4.79 Å². The first-order valence-corrected chi connectivity index (χ1v) is 10.2. The van der Waals surface area contributed by atoms with Crippen LogP contribution in [0.4, 0.5) is 32.0 Å². The minimum atomic E-state index is -4.35. The number of halogens is 6. The fraction of sp³-hybridized carbons (Fsp3) is 0.500. The summed E-state index contributed by atoms with van der Waals surface area (Å²) in [5.74, 6) is -0.506. The van der Waals surface area contributed by atoms with Crippen molar-refractivity contribution in [3.63, 3.8) is 0 Å². The summed E-state index contributed by atoms with van der Waals surface area (Å²) in [5, 5.41) is 4.11. The molecule has 2 aromatic rings. The number of aromatic nitrogens is 3. The first-order valence-electron chi connectivity index (χ1n) is 9.02. The Kier molecular flexibility index (Phi) is 8.56. The van der Waals surface area contributed by atoms with Gasteiger partial charge in [-0.1, -0.05) is 0 Å². The van der Waals surface area contributed by atoms with Crippen molar-refractivity contribution in [2.75, 3.05) is 23.0 Å². The number of amides is 1. The van der Waals surface area contributed by atoms with Gasteiger partial charge in [-0.25, -0.2) is 4.68 Å². The van der Waals surface area contributed by atoms with Gasteiger partial charge in [-0.15, -0.1) is 0 Å². The van der Waals surface area contributed by atoms with Gasteiger partial charge in [0, 0.05) is 37.1 Å². The number of alkyl halides is 6. The summed E-state index contributed by atoms with van der Waals surface area (Å²) in [7, 11) is 0. The fourth-order valence-corrected chi connectivity index (χ4v) is 3.40. The maximum atomic E-state index is 12.6. The van der Waals surface area contributed by atoms with E-state index in [1.807, 2.05) is 0 Å². The molecule has 166 valence electrons. The van der Waals surface area contributed by atoms with Gasteiger partial charge in [0.25, 0.3) is 0 Å². The van der Waals surface area contributed by atoms with E-state index in [4.69, 9.17) is 0 Å². The number of pyridine rings is 1. The molecule has 0 bridgehead atoms. The molecule has 5 nitrogen and oxygen atoms in total. The third kappa shape index (κ3) is 8.64. The molecule has 1 amide bonds. The molecule has 0 aliphatic heterocycles. The molecule has 0 aliphatic rings. The van der Waals surface area contributed by atoms with Crippen molar-refractivity contribution in [1.82, 2.24) is 14.8 Å². The monoisotopic (exact) mass is 454 g/mol. The maximum Gasteiger partial charge on any atom is 0.389 e. The topological polar surface area (TPSA) is 51.0 Å². The average Bonchev–Trinajstić information content (AvgIpc) is 3.13. The number of nitrogens with zero attached hydrogens (tertiary/aromatic N) is 4. The lowest BCUT2D eigenvalue weighted by molar-refractivity contribution is -0.135. The molecule has 12 heteroatoms. The van der Waals surface area contributed by atoms with Crippen molar-refractivity contribution in [3.8, 4) is 5.69 Å². The molecule has 30 heavy (non-hydrogen) atoms. The standard InChI is InChI=1S/C18H20F6N4OS/c19-17(20,21)5-2-8-27(16(29)4-9-30-10-6-18(22,23)24)15-12-26-28(13-15)14-3-1-7-25-11-14/h1,3,7,11-13H,2,4-6,8-10H2. The Bertz CT molecular complexity index is 794. The second-order valence-electron chi connectivity index (χ2n) is 6.35. The van der Waals surface area contributed by atoms with E-state index in [1.54, 1.807) is 18.3 Å². The SMILES string of the molecule is O=C(CCSCCC(F)(F)F)N(CCCC(F)(F)F)c1cnn(-c2cccnc2)c1. The molecule has 0 saturated carbocycles. The van der Waals surface area contributed by atoms with Gasteiger partial charge in [0.15, 0.2) is 0 Å². The molecular weight excluding hydrogens is 434 g/mol. The van der Waals surface area contributed by atoms with E-state index in [0.717, 1.165) is 11.8 Å². The molecule has 0 radical (unpaired) electrons. The molecular formula is C18H20F6N4OS. The van der Waals surface area contributed by atoms with Crippen molar-refractivity contribution in [1.29, 1.82) is 0 Å². The Morgan fingerprint density at radius 2 is 1.80 bits per heavy atom. The average molecular weight is 454 g/mol. The lowest BCUT2D eigenvalue weighted by atomic mass is 10.2. The number of carbonyl (C=O) groups excluding carboxylic acids is 1. The Balaban J connectivity index is 2.01. The molecule has 0 N–H and O–H groups in total. The van der Waals surface area contributed by atoms with Crippen molar-refractivity contribution in [2.24, 2.45) is 0 Å². The van der Waals surface area contributed by atoms with Gasteiger partial charge in [-0.3, -0.25) is 9.78 Å². The normalized spacial score (nSPS) is 12.2. The minimum Gasteiger partial charge on any atom is -0.309 e. The summed E-state index contributed by atoms with van der Waals surface area (Å²) in [4.78, 5) is 17.7. The summed E-state index contributed by atoms with van der Waals surface area (Å²) in [6, 6.07) is 3.40. The molecule has 0 atom stereocenters. The highest BCUT2D eigenvalue weighted by molar-refractivity contribution is 7.99. The van der Waals surface area contributed by atoms with Crippen LogP contribution in [0.3, 0.4) is 0 Å². The number of thioether (sulfide) groups is 1. The third-order valence-corrected chi connectivity index (χ3v) is 4.91. The fourth-order valence-electron chi connectivity index (χ4n) is 2.50. The molecule has 2 aromatic heterocycles. The maximum absolute atomic E-state index is 12.6. The summed E-state index contributed by atoms with van der Waals surface area (Å²) in [6.07, 6.45) is -5.05. The Hall–Kier alpha value is -2.24. The van der Waals surface area contributed by atoms with Crippen LogP contribution >= 0.6 is 11.8 Å². The molecule has 2 heterocycles. The number of hydrogen-bond donors (Lipinski definition) is 0. The van der Waals surface area contributed by atoms with Crippen molar-refractivity contribution in [2.45, 2.75) is 38.0 Å². The molecule has 0 aliphatic carbocycles. The van der Waals surface area contributed by atoms with Crippen molar-refractivity contribution in [3.05, 3.63) is 36.9 Å². The molecule has 0 spiro atoms. The first kappa shape index (κ1) is 24.0. The van der Waals surface area contributed by atoms with Crippen molar-refractivity contribution >= 4 is 23.4 Å². The minimum absolute atomic E-state index is 0.0907. The van der Waals surface area contributed by atoms with Gasteiger partial charge in [0.05, 0.1) is 36.4 Å². The number of hydrogen-bond acceptors (Lipinski definition) is 4. The molecule has 0 saturated heterocycles. The van der Waals surface area contributed by atoms with Gasteiger partial charge >= 0.3 is 12.4 Å². The zero-order chi connectivity index (χ0) is 22.2. The van der Waals surface area contributed by atoms with E-state index in [2.05, 4.69) is 10.1 Å². The predicted molar refractivity (Wildman–Crippen MR) is 102 cm³/mol. The van der Waals surface area contributed by atoms with Gasteiger partial charge in [-0.05, 0) is 18.6 Å². The van der Waals surface area contributed by atoms with Crippen LogP contribution in [0.15, 0.2) is 36.9 Å². The second kappa shape index (κ2) is 10.7. The quantitative estimate of drug-likeness (QED) is 0.374. The van der Waals surface area contributed by atoms with Crippen LogP contribution in [0.1, 0.15) is 25.7 Å². The van der Waals surface area contributed by atoms with E-state index < -0.39 is 31.1 Å². The predicted octanol–water partition coefficient (Wildman–Crippen LogP) is 5.02. The zero-order valence-electron chi connectivity index (χ0n) is 15.8. The Morgan fingerprint density at radius 1 is 1.07 bits per heavy atom. The van der Waals surface area contributed by atoms with Gasteiger partial charge < -0.3 is 4.90 Å². The van der Waals surface area contributed by atoms with Gasteiger partial charge in [-0.2, -0.15) is 43.2 Å². The molecule has 0 fully saturated rings. The van der Waals surface area contributed by atoms with E-state index in [0.29, 0.717) is 11.4 Å². The largest absolute Gasteiger partial charge is 0.389 e. The molecule has 0 unspecified atom stereocenters. The van der Waals surface area contributed by atoms with E-state index in [-0.39, 0.29) is 30.9 Å². The summed E-state index contributed by atoms with van der Waals surface area (Å²) in [6.45, 7) is -0.176. The van der Waals surface area contributed by atoms with E-state index in [1.165, 1.54) is 28.2 Å². The highest BCUT2D eigenvalue weighted by Gasteiger charge is 2.28. The van der Waals surface area contributed by atoms with E-state index in [9.17, 15) is 31.1 Å².